The Labute approximate surface area is 80.5 Å². The summed E-state index contributed by atoms with van der Waals surface area (Å²) in [6.07, 6.45) is 3.57. The van der Waals surface area contributed by atoms with E-state index < -0.39 is 0 Å². The average Bonchev–Trinajstić information content (AvgIpc) is 1.97. The van der Waals surface area contributed by atoms with Crippen molar-refractivity contribution in [1.29, 1.82) is 0 Å². The Morgan fingerprint density at radius 3 is 2.46 bits per heavy atom. The van der Waals surface area contributed by atoms with Crippen molar-refractivity contribution in [3.63, 3.8) is 0 Å². The number of rotatable bonds is 3. The first-order valence-corrected chi connectivity index (χ1v) is 5.22. The van der Waals surface area contributed by atoms with Gasteiger partial charge in [0.25, 0.3) is 0 Å². The number of amides is 2. The van der Waals surface area contributed by atoms with Gasteiger partial charge in [0, 0.05) is 18.6 Å². The highest BCUT2D eigenvalue weighted by Crippen LogP contribution is 2.18. The molecule has 1 rings (SSSR count). The van der Waals surface area contributed by atoms with Crippen molar-refractivity contribution >= 4 is 6.03 Å². The van der Waals surface area contributed by atoms with E-state index in [-0.39, 0.29) is 6.03 Å². The maximum atomic E-state index is 11.6. The Morgan fingerprint density at radius 1 is 1.54 bits per heavy atom. The number of nitrogens with one attached hydrogen (secondary N) is 1. The Bertz CT molecular complexity index is 176. The minimum atomic E-state index is 0.0993. The Balaban J connectivity index is 2.34. The third-order valence-corrected chi connectivity index (χ3v) is 2.66. The minimum absolute atomic E-state index is 0.0993. The summed E-state index contributed by atoms with van der Waals surface area (Å²) in [5.41, 5.74) is 0. The molecular formula is C10H20N2O. The van der Waals surface area contributed by atoms with Gasteiger partial charge in [-0.25, -0.2) is 4.79 Å². The van der Waals surface area contributed by atoms with Crippen molar-refractivity contribution in [2.75, 3.05) is 6.54 Å². The lowest BCUT2D eigenvalue weighted by Crippen LogP contribution is -2.49. The fourth-order valence-corrected chi connectivity index (χ4v) is 1.55. The summed E-state index contributed by atoms with van der Waals surface area (Å²) >= 11 is 0. The van der Waals surface area contributed by atoms with Gasteiger partial charge in [-0.15, -0.1) is 0 Å². The second-order valence-corrected chi connectivity index (χ2v) is 3.96. The van der Waals surface area contributed by atoms with E-state index in [0.717, 1.165) is 19.4 Å². The summed E-state index contributed by atoms with van der Waals surface area (Å²) in [5.74, 6) is 0. The number of nitrogens with zero attached hydrogens (tertiary/aromatic N) is 1. The molecule has 3 heteroatoms. The lowest BCUT2D eigenvalue weighted by molar-refractivity contribution is 0.176. The van der Waals surface area contributed by atoms with Crippen LogP contribution in [0.15, 0.2) is 0 Å². The molecule has 0 spiro atoms. The first kappa shape index (κ1) is 10.4. The third kappa shape index (κ3) is 2.61. The molecule has 0 bridgehead atoms. The van der Waals surface area contributed by atoms with Gasteiger partial charge < -0.3 is 10.2 Å². The fraction of sp³-hybridized carbons (Fsp3) is 0.900. The summed E-state index contributed by atoms with van der Waals surface area (Å²) in [6, 6.07) is 0.840. The zero-order valence-corrected chi connectivity index (χ0v) is 8.84. The molecule has 1 saturated carbocycles. The van der Waals surface area contributed by atoms with Crippen LogP contribution in [0.25, 0.3) is 0 Å². The quantitative estimate of drug-likeness (QED) is 0.714. The van der Waals surface area contributed by atoms with Crippen LogP contribution in [0.5, 0.6) is 0 Å². The first-order chi connectivity index (χ1) is 6.15. The summed E-state index contributed by atoms with van der Waals surface area (Å²) in [7, 11) is 0. The smallest absolute Gasteiger partial charge is 0.317 e. The number of hydrogen-bond donors (Lipinski definition) is 1. The molecule has 0 aromatic carbocycles. The van der Waals surface area contributed by atoms with E-state index in [1.54, 1.807) is 0 Å². The molecule has 0 heterocycles. The maximum Gasteiger partial charge on any atom is 0.317 e. The Kier molecular flexibility index (Phi) is 3.58. The molecule has 0 aliphatic heterocycles. The first-order valence-electron chi connectivity index (χ1n) is 5.22. The monoisotopic (exact) mass is 184 g/mol. The fourth-order valence-electron chi connectivity index (χ4n) is 1.55. The standard InChI is InChI=1S/C10H20N2O/c1-4-12(8(2)3)10(13)11-9-6-5-7-9/h8-9H,4-7H2,1-3H3,(H,11,13). The zero-order chi connectivity index (χ0) is 9.84. The third-order valence-electron chi connectivity index (χ3n) is 2.66. The molecule has 0 aromatic heterocycles. The number of hydrogen-bond acceptors (Lipinski definition) is 1. The molecule has 0 unspecified atom stereocenters. The molecular weight excluding hydrogens is 164 g/mol. The maximum absolute atomic E-state index is 11.6. The van der Waals surface area contributed by atoms with Crippen LogP contribution in [0.3, 0.4) is 0 Å². The molecule has 1 aliphatic rings. The molecule has 2 amide bonds. The molecule has 13 heavy (non-hydrogen) atoms. The summed E-state index contributed by atoms with van der Waals surface area (Å²) in [6.45, 7) is 6.89. The van der Waals surface area contributed by atoms with E-state index in [2.05, 4.69) is 5.32 Å². The van der Waals surface area contributed by atoms with Gasteiger partial charge in [-0.2, -0.15) is 0 Å². The summed E-state index contributed by atoms with van der Waals surface area (Å²) in [5, 5.41) is 3.04. The van der Waals surface area contributed by atoms with E-state index in [1.165, 1.54) is 6.42 Å². The zero-order valence-electron chi connectivity index (χ0n) is 8.84. The predicted molar refractivity (Wildman–Crippen MR) is 53.7 cm³/mol. The van der Waals surface area contributed by atoms with Gasteiger partial charge in [-0.1, -0.05) is 0 Å². The highest BCUT2D eigenvalue weighted by atomic mass is 16.2. The van der Waals surface area contributed by atoms with Crippen molar-refractivity contribution in [3.05, 3.63) is 0 Å². The van der Waals surface area contributed by atoms with E-state index in [1.807, 2.05) is 25.7 Å². The van der Waals surface area contributed by atoms with Crippen molar-refractivity contribution in [1.82, 2.24) is 10.2 Å². The van der Waals surface area contributed by atoms with Gasteiger partial charge in [0.05, 0.1) is 0 Å². The SMILES string of the molecule is CCN(C(=O)NC1CCC1)C(C)C. The van der Waals surface area contributed by atoms with Crippen LogP contribution in [-0.4, -0.2) is 29.6 Å². The van der Waals surface area contributed by atoms with Crippen LogP contribution < -0.4 is 5.32 Å². The van der Waals surface area contributed by atoms with Gasteiger partial charge in [0.2, 0.25) is 0 Å². The van der Waals surface area contributed by atoms with Gasteiger partial charge in [0.1, 0.15) is 0 Å². The molecule has 1 fully saturated rings. The highest BCUT2D eigenvalue weighted by Gasteiger charge is 2.22. The predicted octanol–water partition coefficient (Wildman–Crippen LogP) is 1.98. The molecule has 1 N–H and O–H groups in total. The Hall–Kier alpha value is -0.730. The minimum Gasteiger partial charge on any atom is -0.335 e. The molecule has 0 saturated heterocycles. The van der Waals surface area contributed by atoms with E-state index in [0.29, 0.717) is 12.1 Å². The van der Waals surface area contributed by atoms with Gasteiger partial charge in [0.15, 0.2) is 0 Å². The van der Waals surface area contributed by atoms with E-state index in [9.17, 15) is 4.79 Å². The van der Waals surface area contributed by atoms with Crippen molar-refractivity contribution in [2.24, 2.45) is 0 Å². The summed E-state index contributed by atoms with van der Waals surface area (Å²) < 4.78 is 0. The molecule has 1 aliphatic carbocycles. The van der Waals surface area contributed by atoms with Crippen LogP contribution in [0.1, 0.15) is 40.0 Å². The lowest BCUT2D eigenvalue weighted by atomic mass is 9.93. The largest absolute Gasteiger partial charge is 0.335 e. The second kappa shape index (κ2) is 4.49. The van der Waals surface area contributed by atoms with Crippen LogP contribution in [-0.2, 0) is 0 Å². The molecule has 0 radical (unpaired) electrons. The normalized spacial score (nSPS) is 16.9. The second-order valence-electron chi connectivity index (χ2n) is 3.96. The van der Waals surface area contributed by atoms with Crippen molar-refractivity contribution in [2.45, 2.75) is 52.1 Å². The Morgan fingerprint density at radius 2 is 2.15 bits per heavy atom. The van der Waals surface area contributed by atoms with Crippen LogP contribution >= 0.6 is 0 Å². The van der Waals surface area contributed by atoms with E-state index in [4.69, 9.17) is 0 Å². The topological polar surface area (TPSA) is 32.3 Å². The van der Waals surface area contributed by atoms with Gasteiger partial charge in [-0.3, -0.25) is 0 Å². The van der Waals surface area contributed by atoms with Crippen molar-refractivity contribution in [3.8, 4) is 0 Å². The molecule has 76 valence electrons. The van der Waals surface area contributed by atoms with E-state index >= 15 is 0 Å². The summed E-state index contributed by atoms with van der Waals surface area (Å²) in [4.78, 5) is 13.5. The van der Waals surface area contributed by atoms with Crippen LogP contribution in [0, 0.1) is 0 Å². The number of carbonyl (C=O) groups is 1. The van der Waals surface area contributed by atoms with Crippen molar-refractivity contribution < 1.29 is 4.79 Å². The van der Waals surface area contributed by atoms with Crippen LogP contribution in [0.2, 0.25) is 0 Å². The number of urea groups is 1. The molecule has 3 nitrogen and oxygen atoms in total. The molecule has 0 aromatic rings. The van der Waals surface area contributed by atoms with Gasteiger partial charge in [-0.05, 0) is 40.0 Å². The highest BCUT2D eigenvalue weighted by molar-refractivity contribution is 5.74. The van der Waals surface area contributed by atoms with Gasteiger partial charge >= 0.3 is 6.03 Å². The number of carbonyl (C=O) groups excluding carboxylic acids is 1. The lowest BCUT2D eigenvalue weighted by Gasteiger charge is -2.32. The molecule has 0 atom stereocenters. The van der Waals surface area contributed by atoms with Crippen LogP contribution in [0.4, 0.5) is 4.79 Å². The average molecular weight is 184 g/mol.